The Morgan fingerprint density at radius 1 is 0.897 bits per heavy atom. The van der Waals surface area contributed by atoms with Crippen molar-refractivity contribution in [2.45, 2.75) is 18.6 Å². The molecule has 0 amide bonds. The van der Waals surface area contributed by atoms with E-state index in [0.717, 1.165) is 5.56 Å². The summed E-state index contributed by atoms with van der Waals surface area (Å²) < 4.78 is 11.1. The van der Waals surface area contributed by atoms with Crippen LogP contribution in [-0.2, 0) is 6.42 Å². The molecule has 0 saturated heterocycles. The third-order valence-corrected chi connectivity index (χ3v) is 4.20. The average molecular weight is 395 g/mol. The van der Waals surface area contributed by atoms with Crippen molar-refractivity contribution in [1.82, 2.24) is 15.3 Å². The van der Waals surface area contributed by atoms with E-state index in [4.69, 9.17) is 9.47 Å². The zero-order valence-electron chi connectivity index (χ0n) is 16.0. The van der Waals surface area contributed by atoms with E-state index in [2.05, 4.69) is 15.3 Å². The topological polar surface area (TPSA) is 96.7 Å². The van der Waals surface area contributed by atoms with Gasteiger partial charge in [0.15, 0.2) is 0 Å². The molecule has 0 aliphatic carbocycles. The van der Waals surface area contributed by atoms with E-state index in [9.17, 15) is 10.2 Å². The summed E-state index contributed by atoms with van der Waals surface area (Å²) in [6.07, 6.45) is 3.18. The normalized spacial score (nSPS) is 12.9. The van der Waals surface area contributed by atoms with Gasteiger partial charge in [-0.25, -0.2) is 9.97 Å². The van der Waals surface area contributed by atoms with Crippen molar-refractivity contribution in [3.05, 3.63) is 78.6 Å². The summed E-state index contributed by atoms with van der Waals surface area (Å²) >= 11 is 0. The molecule has 3 aromatic rings. The Balaban J connectivity index is 1.43. The number of nitrogens with zero attached hydrogens (tertiary/aromatic N) is 2. The molecule has 2 atom stereocenters. The summed E-state index contributed by atoms with van der Waals surface area (Å²) in [4.78, 5) is 8.05. The number of rotatable bonds is 11. The predicted molar refractivity (Wildman–Crippen MR) is 109 cm³/mol. The average Bonchev–Trinajstić information content (AvgIpc) is 2.78. The number of para-hydroxylation sites is 1. The third kappa shape index (κ3) is 7.15. The minimum atomic E-state index is -0.675. The predicted octanol–water partition coefficient (Wildman–Crippen LogP) is 2.20. The maximum Gasteiger partial charge on any atom is 0.321 e. The van der Waals surface area contributed by atoms with Crippen molar-refractivity contribution in [2.24, 2.45) is 0 Å². The van der Waals surface area contributed by atoms with E-state index in [1.807, 2.05) is 54.6 Å². The molecule has 0 spiro atoms. The standard InChI is InChI=1S/C22H25N3O4/c26-15-18(25-14-19(27)16-28-20-5-2-1-3-6-20)13-17-7-9-21(10-8-17)29-22-23-11-4-12-24-22/h1-12,18-19,25-27H,13-16H2/t18-,19-/m0/s1. The summed E-state index contributed by atoms with van der Waals surface area (Å²) in [6, 6.07) is 18.7. The van der Waals surface area contributed by atoms with Crippen LogP contribution in [0.15, 0.2) is 73.1 Å². The van der Waals surface area contributed by atoms with E-state index >= 15 is 0 Å². The smallest absolute Gasteiger partial charge is 0.321 e. The molecule has 3 rings (SSSR count). The first kappa shape index (κ1) is 20.7. The van der Waals surface area contributed by atoms with Gasteiger partial charge >= 0.3 is 6.01 Å². The quantitative estimate of drug-likeness (QED) is 0.458. The number of ether oxygens (including phenoxy) is 2. The first-order valence-electron chi connectivity index (χ1n) is 9.47. The lowest BCUT2D eigenvalue weighted by Crippen LogP contribution is -2.41. The van der Waals surface area contributed by atoms with Gasteiger partial charge in [0.25, 0.3) is 0 Å². The maximum atomic E-state index is 10.1. The van der Waals surface area contributed by atoms with Crippen LogP contribution in [0.1, 0.15) is 5.56 Å². The second kappa shape index (κ2) is 11.1. The summed E-state index contributed by atoms with van der Waals surface area (Å²) in [6.45, 7) is 0.468. The number of hydrogen-bond donors (Lipinski definition) is 3. The van der Waals surface area contributed by atoms with Crippen molar-refractivity contribution in [1.29, 1.82) is 0 Å². The van der Waals surface area contributed by atoms with Crippen molar-refractivity contribution in [3.8, 4) is 17.5 Å². The molecule has 152 valence electrons. The Labute approximate surface area is 170 Å². The molecule has 29 heavy (non-hydrogen) atoms. The number of nitrogens with one attached hydrogen (secondary N) is 1. The first-order valence-corrected chi connectivity index (χ1v) is 9.47. The monoisotopic (exact) mass is 395 g/mol. The summed E-state index contributed by atoms with van der Waals surface area (Å²) in [5.41, 5.74) is 1.04. The highest BCUT2D eigenvalue weighted by Crippen LogP contribution is 2.18. The third-order valence-electron chi connectivity index (χ3n) is 4.20. The van der Waals surface area contributed by atoms with Crippen LogP contribution in [0.4, 0.5) is 0 Å². The van der Waals surface area contributed by atoms with Crippen LogP contribution in [0, 0.1) is 0 Å². The first-order chi connectivity index (χ1) is 14.2. The highest BCUT2D eigenvalue weighted by atomic mass is 16.5. The van der Waals surface area contributed by atoms with Crippen LogP contribution in [0.25, 0.3) is 0 Å². The molecule has 0 aliphatic rings. The second-order valence-corrected chi connectivity index (χ2v) is 6.55. The van der Waals surface area contributed by atoms with Crippen LogP contribution >= 0.6 is 0 Å². The Morgan fingerprint density at radius 2 is 1.62 bits per heavy atom. The Kier molecular flexibility index (Phi) is 7.94. The molecule has 0 radical (unpaired) electrons. The van der Waals surface area contributed by atoms with Gasteiger partial charge in [-0.1, -0.05) is 30.3 Å². The van der Waals surface area contributed by atoms with Gasteiger partial charge in [-0.15, -0.1) is 0 Å². The second-order valence-electron chi connectivity index (χ2n) is 6.55. The molecule has 0 saturated carbocycles. The number of benzene rings is 2. The fraction of sp³-hybridized carbons (Fsp3) is 0.273. The van der Waals surface area contributed by atoms with Crippen LogP contribution in [0.2, 0.25) is 0 Å². The van der Waals surface area contributed by atoms with E-state index in [-0.39, 0.29) is 19.3 Å². The molecule has 1 heterocycles. The molecule has 7 heteroatoms. The largest absolute Gasteiger partial charge is 0.491 e. The van der Waals surface area contributed by atoms with E-state index in [1.165, 1.54) is 0 Å². The highest BCUT2D eigenvalue weighted by Gasteiger charge is 2.12. The molecule has 1 aromatic heterocycles. The highest BCUT2D eigenvalue weighted by molar-refractivity contribution is 5.29. The summed E-state index contributed by atoms with van der Waals surface area (Å²) in [5, 5.41) is 22.9. The lowest BCUT2D eigenvalue weighted by atomic mass is 10.1. The number of hydrogen-bond acceptors (Lipinski definition) is 7. The van der Waals surface area contributed by atoms with Crippen LogP contribution in [0.3, 0.4) is 0 Å². The molecule has 3 N–H and O–H groups in total. The Bertz CT molecular complexity index is 832. The van der Waals surface area contributed by atoms with Gasteiger partial charge in [0.2, 0.25) is 0 Å². The van der Waals surface area contributed by atoms with Crippen molar-refractivity contribution in [3.63, 3.8) is 0 Å². The molecule has 0 bridgehead atoms. The Morgan fingerprint density at radius 3 is 2.31 bits per heavy atom. The molecule has 0 aliphatic heterocycles. The van der Waals surface area contributed by atoms with E-state index < -0.39 is 6.10 Å². The van der Waals surface area contributed by atoms with Gasteiger partial charge in [-0.3, -0.25) is 0 Å². The van der Waals surface area contributed by atoms with Crippen LogP contribution < -0.4 is 14.8 Å². The van der Waals surface area contributed by atoms with E-state index in [0.29, 0.717) is 30.5 Å². The maximum absolute atomic E-state index is 10.1. The van der Waals surface area contributed by atoms with E-state index in [1.54, 1.807) is 18.5 Å². The number of aromatic nitrogens is 2. The van der Waals surface area contributed by atoms with Crippen LogP contribution in [-0.4, -0.2) is 52.1 Å². The SMILES string of the molecule is OC[C@H](Cc1ccc(Oc2ncccn2)cc1)NC[C@H](O)COc1ccccc1. The fourth-order valence-corrected chi connectivity index (χ4v) is 2.69. The lowest BCUT2D eigenvalue weighted by molar-refractivity contribution is 0.0997. The van der Waals surface area contributed by atoms with Gasteiger partial charge in [0, 0.05) is 25.0 Å². The van der Waals surface area contributed by atoms with Gasteiger partial charge in [0.05, 0.1) is 6.61 Å². The summed E-state index contributed by atoms with van der Waals surface area (Å²) in [7, 11) is 0. The van der Waals surface area contributed by atoms with Crippen molar-refractivity contribution in [2.75, 3.05) is 19.8 Å². The molecular weight excluding hydrogens is 370 g/mol. The van der Waals surface area contributed by atoms with Gasteiger partial charge in [-0.05, 0) is 42.3 Å². The fourth-order valence-electron chi connectivity index (χ4n) is 2.69. The molecule has 0 fully saturated rings. The zero-order chi connectivity index (χ0) is 20.3. The molecule has 2 aromatic carbocycles. The van der Waals surface area contributed by atoms with Gasteiger partial charge < -0.3 is 25.0 Å². The van der Waals surface area contributed by atoms with Crippen molar-refractivity contribution < 1.29 is 19.7 Å². The zero-order valence-corrected chi connectivity index (χ0v) is 16.0. The van der Waals surface area contributed by atoms with Gasteiger partial charge in [0.1, 0.15) is 24.2 Å². The molecule has 0 unspecified atom stereocenters. The molecular formula is C22H25N3O4. The lowest BCUT2D eigenvalue weighted by Gasteiger charge is -2.19. The minimum absolute atomic E-state index is 0.0393. The minimum Gasteiger partial charge on any atom is -0.491 e. The molecule has 7 nitrogen and oxygen atoms in total. The number of aliphatic hydroxyl groups excluding tert-OH is 2. The number of aliphatic hydroxyl groups is 2. The Hall–Kier alpha value is -3.00. The van der Waals surface area contributed by atoms with Crippen molar-refractivity contribution >= 4 is 0 Å². The van der Waals surface area contributed by atoms with Crippen LogP contribution in [0.5, 0.6) is 17.5 Å². The van der Waals surface area contributed by atoms with Gasteiger partial charge in [-0.2, -0.15) is 0 Å². The summed E-state index contributed by atoms with van der Waals surface area (Å²) in [5.74, 6) is 1.36.